The summed E-state index contributed by atoms with van der Waals surface area (Å²) in [5, 5.41) is 8.92. The van der Waals surface area contributed by atoms with Crippen LogP contribution in [0.1, 0.15) is 32.7 Å². The molecule has 1 aliphatic heterocycles. The number of hydrogen-bond acceptors (Lipinski definition) is 5. The van der Waals surface area contributed by atoms with Gasteiger partial charge in [-0.2, -0.15) is 0 Å². The second kappa shape index (κ2) is 6.34. The van der Waals surface area contributed by atoms with E-state index in [9.17, 15) is 4.79 Å². The van der Waals surface area contributed by atoms with E-state index in [1.165, 1.54) is 22.5 Å². The van der Waals surface area contributed by atoms with Crippen molar-refractivity contribution in [1.29, 1.82) is 0 Å². The molecule has 5 nitrogen and oxygen atoms in total. The number of aromatic nitrogens is 1. The molecule has 21 heavy (non-hydrogen) atoms. The Morgan fingerprint density at radius 3 is 3.14 bits per heavy atom. The number of rotatable bonds is 4. The summed E-state index contributed by atoms with van der Waals surface area (Å²) < 4.78 is 0. The van der Waals surface area contributed by atoms with Crippen molar-refractivity contribution in [3.63, 3.8) is 0 Å². The van der Waals surface area contributed by atoms with Crippen LogP contribution in [-0.2, 0) is 13.0 Å². The monoisotopic (exact) mass is 302 g/mol. The molecule has 1 aromatic heterocycles. The van der Waals surface area contributed by atoms with Gasteiger partial charge in [-0.15, -0.1) is 11.3 Å². The van der Waals surface area contributed by atoms with E-state index < -0.39 is 0 Å². The standard InChI is InChI=1S/C15H18N4OS/c16-7-14-19-13(9-21-14)15(20)18-8-12-11-4-2-1-3-10(11)5-6-17-12/h1-4,9,12,17H,5-8,16H2,(H,18,20). The maximum absolute atomic E-state index is 12.1. The lowest BCUT2D eigenvalue weighted by Gasteiger charge is -2.27. The number of nitrogens with zero attached hydrogens (tertiary/aromatic N) is 1. The summed E-state index contributed by atoms with van der Waals surface area (Å²) in [6, 6.07) is 8.52. The zero-order valence-electron chi connectivity index (χ0n) is 11.6. The molecule has 1 unspecified atom stereocenters. The predicted octanol–water partition coefficient (Wildman–Crippen LogP) is 1.22. The molecule has 110 valence electrons. The van der Waals surface area contributed by atoms with Crippen LogP contribution in [0, 0.1) is 0 Å². The van der Waals surface area contributed by atoms with Gasteiger partial charge in [-0.3, -0.25) is 4.79 Å². The zero-order valence-corrected chi connectivity index (χ0v) is 12.5. The summed E-state index contributed by atoms with van der Waals surface area (Å²) in [4.78, 5) is 16.3. The Morgan fingerprint density at radius 2 is 2.33 bits per heavy atom. The smallest absolute Gasteiger partial charge is 0.270 e. The summed E-state index contributed by atoms with van der Waals surface area (Å²) in [7, 11) is 0. The second-order valence-electron chi connectivity index (χ2n) is 5.00. The van der Waals surface area contributed by atoms with Gasteiger partial charge in [0.1, 0.15) is 10.7 Å². The van der Waals surface area contributed by atoms with Gasteiger partial charge in [0.15, 0.2) is 0 Å². The van der Waals surface area contributed by atoms with E-state index in [1.54, 1.807) is 5.38 Å². The Kier molecular flexibility index (Phi) is 4.28. The summed E-state index contributed by atoms with van der Waals surface area (Å²) >= 11 is 1.42. The minimum absolute atomic E-state index is 0.143. The third-order valence-corrected chi connectivity index (χ3v) is 4.51. The van der Waals surface area contributed by atoms with Crippen LogP contribution in [0.5, 0.6) is 0 Å². The van der Waals surface area contributed by atoms with Crippen molar-refractivity contribution in [2.24, 2.45) is 5.73 Å². The van der Waals surface area contributed by atoms with Gasteiger partial charge in [-0.05, 0) is 24.1 Å². The maximum atomic E-state index is 12.1. The van der Waals surface area contributed by atoms with Crippen molar-refractivity contribution in [2.75, 3.05) is 13.1 Å². The molecule has 1 aliphatic rings. The van der Waals surface area contributed by atoms with Gasteiger partial charge in [0.05, 0.1) is 0 Å². The van der Waals surface area contributed by atoms with E-state index in [2.05, 4.69) is 33.8 Å². The Bertz CT molecular complexity index is 640. The summed E-state index contributed by atoms with van der Waals surface area (Å²) in [5.74, 6) is -0.143. The third kappa shape index (κ3) is 3.12. The van der Waals surface area contributed by atoms with Crippen LogP contribution in [0.3, 0.4) is 0 Å². The van der Waals surface area contributed by atoms with E-state index in [4.69, 9.17) is 5.73 Å². The SMILES string of the molecule is NCc1nc(C(=O)NCC2NCCc3ccccc32)cs1. The number of amides is 1. The first kappa shape index (κ1) is 14.2. The number of benzene rings is 1. The molecule has 0 fully saturated rings. The summed E-state index contributed by atoms with van der Waals surface area (Å²) in [6.45, 7) is 1.87. The minimum Gasteiger partial charge on any atom is -0.349 e. The van der Waals surface area contributed by atoms with Crippen molar-refractivity contribution < 1.29 is 4.79 Å². The van der Waals surface area contributed by atoms with E-state index in [0.29, 0.717) is 18.8 Å². The molecule has 2 aromatic rings. The average Bonchev–Trinajstić information content (AvgIpc) is 3.01. The number of fused-ring (bicyclic) bond motifs is 1. The van der Waals surface area contributed by atoms with Gasteiger partial charge in [0.25, 0.3) is 5.91 Å². The van der Waals surface area contributed by atoms with Crippen molar-refractivity contribution in [3.8, 4) is 0 Å². The van der Waals surface area contributed by atoms with Crippen molar-refractivity contribution in [3.05, 3.63) is 51.5 Å². The third-order valence-electron chi connectivity index (χ3n) is 3.64. The van der Waals surface area contributed by atoms with E-state index in [0.717, 1.165) is 18.0 Å². The molecule has 0 bridgehead atoms. The topological polar surface area (TPSA) is 80.0 Å². The Balaban J connectivity index is 1.64. The van der Waals surface area contributed by atoms with Crippen LogP contribution in [-0.4, -0.2) is 24.0 Å². The summed E-state index contributed by atoms with van der Waals surface area (Å²) in [6.07, 6.45) is 1.03. The normalized spacial score (nSPS) is 17.3. The molecule has 0 spiro atoms. The molecule has 4 N–H and O–H groups in total. The lowest BCUT2D eigenvalue weighted by molar-refractivity contribution is 0.0944. The number of nitrogens with one attached hydrogen (secondary N) is 2. The quantitative estimate of drug-likeness (QED) is 0.793. The molecule has 2 heterocycles. The Labute approximate surface area is 127 Å². The predicted molar refractivity (Wildman–Crippen MR) is 83.2 cm³/mol. The van der Waals surface area contributed by atoms with Gasteiger partial charge in [0, 0.05) is 24.5 Å². The van der Waals surface area contributed by atoms with Crippen molar-refractivity contribution in [1.82, 2.24) is 15.6 Å². The molecule has 0 saturated carbocycles. The largest absolute Gasteiger partial charge is 0.349 e. The molecule has 0 saturated heterocycles. The molecule has 6 heteroatoms. The van der Waals surface area contributed by atoms with Gasteiger partial charge >= 0.3 is 0 Å². The number of nitrogens with two attached hydrogens (primary N) is 1. The van der Waals surface area contributed by atoms with Gasteiger partial charge in [-0.1, -0.05) is 24.3 Å². The van der Waals surface area contributed by atoms with E-state index >= 15 is 0 Å². The molecule has 0 aliphatic carbocycles. The van der Waals surface area contributed by atoms with Crippen LogP contribution < -0.4 is 16.4 Å². The minimum atomic E-state index is -0.143. The fourth-order valence-corrected chi connectivity index (χ4v) is 3.22. The first-order valence-electron chi connectivity index (χ1n) is 7.02. The van der Waals surface area contributed by atoms with Crippen molar-refractivity contribution in [2.45, 2.75) is 19.0 Å². The lowest BCUT2D eigenvalue weighted by Crippen LogP contribution is -2.38. The molecular weight excluding hydrogens is 284 g/mol. The van der Waals surface area contributed by atoms with Gasteiger partial charge in [0.2, 0.25) is 0 Å². The van der Waals surface area contributed by atoms with Crippen LogP contribution in [0.2, 0.25) is 0 Å². The van der Waals surface area contributed by atoms with Crippen molar-refractivity contribution >= 4 is 17.2 Å². The fourth-order valence-electron chi connectivity index (χ4n) is 2.57. The van der Waals surface area contributed by atoms with E-state index in [-0.39, 0.29) is 11.9 Å². The number of hydrogen-bond donors (Lipinski definition) is 3. The molecule has 1 amide bonds. The number of carbonyl (C=O) groups excluding carboxylic acids is 1. The molecule has 3 rings (SSSR count). The number of carbonyl (C=O) groups is 1. The Hall–Kier alpha value is -1.76. The highest BCUT2D eigenvalue weighted by Crippen LogP contribution is 2.22. The van der Waals surface area contributed by atoms with Crippen LogP contribution in [0.4, 0.5) is 0 Å². The molecule has 1 aromatic carbocycles. The maximum Gasteiger partial charge on any atom is 0.270 e. The average molecular weight is 302 g/mol. The first-order chi connectivity index (χ1) is 10.3. The highest BCUT2D eigenvalue weighted by molar-refractivity contribution is 7.09. The van der Waals surface area contributed by atoms with Gasteiger partial charge in [-0.25, -0.2) is 4.98 Å². The molecular formula is C15H18N4OS. The van der Waals surface area contributed by atoms with Gasteiger partial charge < -0.3 is 16.4 Å². The summed E-state index contributed by atoms with van der Waals surface area (Å²) in [5.41, 5.74) is 8.59. The van der Waals surface area contributed by atoms with Crippen LogP contribution >= 0.6 is 11.3 Å². The zero-order chi connectivity index (χ0) is 14.7. The van der Waals surface area contributed by atoms with E-state index in [1.807, 2.05) is 6.07 Å². The first-order valence-corrected chi connectivity index (χ1v) is 7.89. The highest BCUT2D eigenvalue weighted by Gasteiger charge is 2.20. The lowest BCUT2D eigenvalue weighted by atomic mass is 9.94. The molecule has 0 radical (unpaired) electrons. The highest BCUT2D eigenvalue weighted by atomic mass is 32.1. The second-order valence-corrected chi connectivity index (χ2v) is 5.94. The number of thiazole rings is 1. The molecule has 1 atom stereocenters. The van der Waals surface area contributed by atoms with Crippen LogP contribution in [0.25, 0.3) is 0 Å². The fraction of sp³-hybridized carbons (Fsp3) is 0.333. The van der Waals surface area contributed by atoms with Crippen LogP contribution in [0.15, 0.2) is 29.6 Å². The Morgan fingerprint density at radius 1 is 1.48 bits per heavy atom.